The number of rotatable bonds is 3. The van der Waals surface area contributed by atoms with Crippen LogP contribution in [0.2, 0.25) is 10.0 Å². The Morgan fingerprint density at radius 2 is 2.07 bits per heavy atom. The largest absolute Gasteiger partial charge is 0.298 e. The SMILES string of the molecule is Clc1ccc(Cl)c(CN2CC(CBr)C2)c1. The third-order valence-corrected chi connectivity index (χ3v) is 4.17. The molecule has 0 N–H and O–H groups in total. The molecule has 4 heteroatoms. The van der Waals surface area contributed by atoms with E-state index in [1.165, 1.54) is 0 Å². The van der Waals surface area contributed by atoms with Gasteiger partial charge in [-0.25, -0.2) is 0 Å². The molecule has 0 atom stereocenters. The first-order chi connectivity index (χ1) is 7.19. The van der Waals surface area contributed by atoms with Gasteiger partial charge in [0.2, 0.25) is 0 Å². The van der Waals surface area contributed by atoms with Gasteiger partial charge < -0.3 is 0 Å². The molecule has 15 heavy (non-hydrogen) atoms. The lowest BCUT2D eigenvalue weighted by atomic mass is 10.0. The fourth-order valence-corrected chi connectivity index (χ4v) is 2.59. The van der Waals surface area contributed by atoms with Crippen molar-refractivity contribution in [2.45, 2.75) is 6.54 Å². The lowest BCUT2D eigenvalue weighted by Crippen LogP contribution is -2.46. The molecule has 0 amide bonds. The van der Waals surface area contributed by atoms with Crippen LogP contribution < -0.4 is 0 Å². The maximum Gasteiger partial charge on any atom is 0.0452 e. The zero-order valence-corrected chi connectivity index (χ0v) is 11.3. The summed E-state index contributed by atoms with van der Waals surface area (Å²) in [5.41, 5.74) is 1.12. The van der Waals surface area contributed by atoms with Crippen LogP contribution >= 0.6 is 39.1 Å². The van der Waals surface area contributed by atoms with Gasteiger partial charge >= 0.3 is 0 Å². The first-order valence-electron chi connectivity index (χ1n) is 4.91. The zero-order chi connectivity index (χ0) is 10.8. The van der Waals surface area contributed by atoms with Crippen molar-refractivity contribution >= 4 is 39.1 Å². The smallest absolute Gasteiger partial charge is 0.0452 e. The normalized spacial score (nSPS) is 17.8. The van der Waals surface area contributed by atoms with E-state index in [9.17, 15) is 0 Å². The summed E-state index contributed by atoms with van der Waals surface area (Å²) in [4.78, 5) is 2.38. The lowest BCUT2D eigenvalue weighted by molar-refractivity contribution is 0.108. The fourth-order valence-electron chi connectivity index (χ4n) is 1.81. The predicted molar refractivity (Wildman–Crippen MR) is 69.0 cm³/mol. The minimum Gasteiger partial charge on any atom is -0.298 e. The minimum absolute atomic E-state index is 0.756. The second-order valence-corrected chi connectivity index (χ2v) is 5.44. The Morgan fingerprint density at radius 3 is 2.73 bits per heavy atom. The third kappa shape index (κ3) is 2.88. The molecule has 0 aromatic heterocycles. The molecule has 0 unspecified atom stereocenters. The van der Waals surface area contributed by atoms with E-state index in [0.717, 1.165) is 46.5 Å². The Hall–Kier alpha value is 0.240. The molecular weight excluding hydrogens is 297 g/mol. The van der Waals surface area contributed by atoms with E-state index in [4.69, 9.17) is 23.2 Å². The molecule has 2 rings (SSSR count). The molecule has 0 spiro atoms. The first kappa shape index (κ1) is 11.7. The number of hydrogen-bond acceptors (Lipinski definition) is 1. The molecule has 1 aromatic rings. The second-order valence-electron chi connectivity index (χ2n) is 3.95. The van der Waals surface area contributed by atoms with E-state index in [1.54, 1.807) is 0 Å². The monoisotopic (exact) mass is 307 g/mol. The Balaban J connectivity index is 1.97. The van der Waals surface area contributed by atoms with Crippen molar-refractivity contribution < 1.29 is 0 Å². The Bertz CT molecular complexity index is 350. The molecule has 1 nitrogen and oxygen atoms in total. The summed E-state index contributed by atoms with van der Waals surface area (Å²) in [6, 6.07) is 5.64. The number of nitrogens with zero attached hydrogens (tertiary/aromatic N) is 1. The number of halogens is 3. The van der Waals surface area contributed by atoms with Crippen LogP contribution in [-0.4, -0.2) is 23.3 Å². The van der Waals surface area contributed by atoms with Crippen molar-refractivity contribution in [2.75, 3.05) is 18.4 Å². The highest BCUT2D eigenvalue weighted by Crippen LogP contribution is 2.25. The molecule has 0 radical (unpaired) electrons. The van der Waals surface area contributed by atoms with Gasteiger partial charge in [-0.3, -0.25) is 4.90 Å². The van der Waals surface area contributed by atoms with Crippen molar-refractivity contribution in [3.8, 4) is 0 Å². The van der Waals surface area contributed by atoms with Gasteiger partial charge in [-0.2, -0.15) is 0 Å². The molecule has 1 aromatic carbocycles. The average Bonchev–Trinajstić information content (AvgIpc) is 2.16. The van der Waals surface area contributed by atoms with Crippen LogP contribution in [0, 0.1) is 5.92 Å². The van der Waals surface area contributed by atoms with Crippen LogP contribution in [0.5, 0.6) is 0 Å². The Kier molecular flexibility index (Phi) is 3.94. The standard InChI is InChI=1S/C11H12BrCl2N/c12-4-8-5-15(6-8)7-9-3-10(13)1-2-11(9)14/h1-3,8H,4-7H2. The molecule has 0 aliphatic carbocycles. The summed E-state index contributed by atoms with van der Waals surface area (Å²) < 4.78 is 0. The van der Waals surface area contributed by atoms with Gasteiger partial charge in [0, 0.05) is 35.0 Å². The minimum atomic E-state index is 0.756. The van der Waals surface area contributed by atoms with E-state index in [-0.39, 0.29) is 0 Å². The first-order valence-corrected chi connectivity index (χ1v) is 6.79. The number of hydrogen-bond donors (Lipinski definition) is 0. The van der Waals surface area contributed by atoms with Crippen LogP contribution in [0.3, 0.4) is 0 Å². The van der Waals surface area contributed by atoms with Gasteiger partial charge in [0.25, 0.3) is 0 Å². The van der Waals surface area contributed by atoms with Gasteiger partial charge in [-0.15, -0.1) is 0 Å². The Labute approximate surface area is 108 Å². The lowest BCUT2D eigenvalue weighted by Gasteiger charge is -2.38. The Morgan fingerprint density at radius 1 is 1.33 bits per heavy atom. The van der Waals surface area contributed by atoms with Crippen molar-refractivity contribution in [3.05, 3.63) is 33.8 Å². The van der Waals surface area contributed by atoms with Crippen LogP contribution in [0.15, 0.2) is 18.2 Å². The summed E-state index contributed by atoms with van der Waals surface area (Å²) >= 11 is 15.5. The molecule has 0 saturated carbocycles. The van der Waals surface area contributed by atoms with E-state index in [0.29, 0.717) is 0 Å². The highest BCUT2D eigenvalue weighted by Gasteiger charge is 2.25. The van der Waals surface area contributed by atoms with E-state index in [2.05, 4.69) is 20.8 Å². The maximum absolute atomic E-state index is 6.10. The van der Waals surface area contributed by atoms with Gasteiger partial charge in [0.05, 0.1) is 0 Å². The predicted octanol–water partition coefficient (Wildman–Crippen LogP) is 3.82. The number of likely N-dealkylation sites (tertiary alicyclic amines) is 1. The van der Waals surface area contributed by atoms with E-state index >= 15 is 0 Å². The number of benzene rings is 1. The number of alkyl halides is 1. The molecule has 1 saturated heterocycles. The maximum atomic E-state index is 6.10. The summed E-state index contributed by atoms with van der Waals surface area (Å²) in [6.07, 6.45) is 0. The van der Waals surface area contributed by atoms with Gasteiger partial charge in [-0.1, -0.05) is 39.1 Å². The molecule has 1 aliphatic rings. The summed E-state index contributed by atoms with van der Waals surface area (Å²) in [5.74, 6) is 0.794. The highest BCUT2D eigenvalue weighted by molar-refractivity contribution is 9.09. The molecule has 1 heterocycles. The molecule has 0 bridgehead atoms. The zero-order valence-electron chi connectivity index (χ0n) is 8.22. The van der Waals surface area contributed by atoms with Crippen molar-refractivity contribution in [1.29, 1.82) is 0 Å². The summed E-state index contributed by atoms with van der Waals surface area (Å²) in [5, 5.41) is 2.65. The van der Waals surface area contributed by atoms with Crippen molar-refractivity contribution in [3.63, 3.8) is 0 Å². The van der Waals surface area contributed by atoms with Gasteiger partial charge in [-0.05, 0) is 29.7 Å². The van der Waals surface area contributed by atoms with Crippen LogP contribution in [0.4, 0.5) is 0 Å². The highest BCUT2D eigenvalue weighted by atomic mass is 79.9. The summed E-state index contributed by atoms with van der Waals surface area (Å²) in [6.45, 7) is 3.20. The van der Waals surface area contributed by atoms with Gasteiger partial charge in [0.15, 0.2) is 0 Å². The fraction of sp³-hybridized carbons (Fsp3) is 0.455. The summed E-state index contributed by atoms with van der Waals surface area (Å²) in [7, 11) is 0. The molecule has 82 valence electrons. The quantitative estimate of drug-likeness (QED) is 0.767. The topological polar surface area (TPSA) is 3.24 Å². The third-order valence-electron chi connectivity index (χ3n) is 2.65. The van der Waals surface area contributed by atoms with Gasteiger partial charge in [0.1, 0.15) is 0 Å². The van der Waals surface area contributed by atoms with E-state index in [1.807, 2.05) is 18.2 Å². The average molecular weight is 309 g/mol. The van der Waals surface area contributed by atoms with Crippen LogP contribution in [0.25, 0.3) is 0 Å². The van der Waals surface area contributed by atoms with Crippen LogP contribution in [-0.2, 0) is 6.54 Å². The molecule has 1 aliphatic heterocycles. The molecule has 1 fully saturated rings. The second kappa shape index (κ2) is 5.05. The van der Waals surface area contributed by atoms with E-state index < -0.39 is 0 Å². The molecular formula is C11H12BrCl2N. The van der Waals surface area contributed by atoms with Crippen molar-refractivity contribution in [1.82, 2.24) is 4.90 Å². The van der Waals surface area contributed by atoms with Crippen molar-refractivity contribution in [2.24, 2.45) is 5.92 Å². The van der Waals surface area contributed by atoms with Crippen LogP contribution in [0.1, 0.15) is 5.56 Å².